The number of benzene rings is 5. The second-order valence-electron chi connectivity index (χ2n) is 11.0. The van der Waals surface area contributed by atoms with Gasteiger partial charge in [-0.05, 0) is 58.2 Å². The molecule has 5 aromatic rings. The number of aryl methyl sites for hydroxylation is 2. The van der Waals surface area contributed by atoms with E-state index in [0.29, 0.717) is 22.1 Å². The zero-order valence-electron chi connectivity index (χ0n) is 23.3. The van der Waals surface area contributed by atoms with Crippen LogP contribution in [0.5, 0.6) is 0 Å². The summed E-state index contributed by atoms with van der Waals surface area (Å²) in [5.74, 6) is -2.25. The van der Waals surface area contributed by atoms with E-state index in [2.05, 4.69) is 0 Å². The van der Waals surface area contributed by atoms with Crippen molar-refractivity contribution in [2.24, 2.45) is 0 Å². The van der Waals surface area contributed by atoms with Crippen LogP contribution in [0.25, 0.3) is 21.9 Å². The third kappa shape index (κ3) is 4.71. The van der Waals surface area contributed by atoms with Crippen LogP contribution in [0, 0.1) is 0 Å². The van der Waals surface area contributed by atoms with E-state index in [0.717, 1.165) is 50.9 Å². The van der Waals surface area contributed by atoms with E-state index in [1.165, 1.54) is 0 Å². The molecule has 0 N–H and O–H groups in total. The van der Waals surface area contributed by atoms with Crippen molar-refractivity contribution >= 4 is 34.3 Å². The van der Waals surface area contributed by atoms with Crippen LogP contribution in [0.2, 0.25) is 0 Å². The first kappa shape index (κ1) is 26.5. The van der Waals surface area contributed by atoms with Gasteiger partial charge in [-0.2, -0.15) is 0 Å². The SMILES string of the molecule is O=C(COC(=O)[C@H](Cc1ccccc1)N1C(=O)c2ccc3c4c(ccc(c24)C1=O)CC3)c1ccc(-c2ccccc2)cc1. The van der Waals surface area contributed by atoms with E-state index in [-0.39, 0.29) is 12.2 Å². The molecule has 1 aliphatic carbocycles. The van der Waals surface area contributed by atoms with E-state index in [4.69, 9.17) is 4.74 Å². The number of hydrogen-bond acceptors (Lipinski definition) is 5. The average molecular weight is 566 g/mol. The highest BCUT2D eigenvalue weighted by Crippen LogP contribution is 2.39. The monoisotopic (exact) mass is 565 g/mol. The van der Waals surface area contributed by atoms with Crippen LogP contribution in [-0.4, -0.2) is 41.1 Å². The number of Topliss-reactive ketones (excluding diaryl/α,β-unsaturated/α-hetero) is 1. The Balaban J connectivity index is 1.16. The molecule has 43 heavy (non-hydrogen) atoms. The Hall–Kier alpha value is -5.36. The lowest BCUT2D eigenvalue weighted by molar-refractivity contribution is -0.147. The van der Waals surface area contributed by atoms with Gasteiger partial charge in [-0.15, -0.1) is 0 Å². The highest BCUT2D eigenvalue weighted by atomic mass is 16.5. The quantitative estimate of drug-likeness (QED) is 0.126. The van der Waals surface area contributed by atoms with E-state index in [1.54, 1.807) is 24.3 Å². The molecule has 6 nitrogen and oxygen atoms in total. The molecule has 0 aromatic heterocycles. The van der Waals surface area contributed by atoms with Gasteiger partial charge < -0.3 is 4.74 Å². The molecule has 0 radical (unpaired) electrons. The summed E-state index contributed by atoms with van der Waals surface area (Å²) in [5, 5.41) is 1.64. The van der Waals surface area contributed by atoms with E-state index < -0.39 is 30.4 Å². The van der Waals surface area contributed by atoms with Gasteiger partial charge in [0.1, 0.15) is 6.04 Å². The van der Waals surface area contributed by atoms with Gasteiger partial charge >= 0.3 is 5.97 Å². The first-order valence-corrected chi connectivity index (χ1v) is 14.3. The van der Waals surface area contributed by atoms with Gasteiger partial charge in [-0.25, -0.2) is 4.79 Å². The maximum absolute atomic E-state index is 13.9. The van der Waals surface area contributed by atoms with Gasteiger partial charge in [0.25, 0.3) is 11.8 Å². The largest absolute Gasteiger partial charge is 0.456 e. The molecule has 6 heteroatoms. The molecule has 7 rings (SSSR count). The molecule has 5 aromatic carbocycles. The van der Waals surface area contributed by atoms with Crippen LogP contribution in [0.3, 0.4) is 0 Å². The number of ether oxygens (including phenoxy) is 1. The summed E-state index contributed by atoms with van der Waals surface area (Å²) in [7, 11) is 0. The van der Waals surface area contributed by atoms with Gasteiger partial charge in [0, 0.05) is 28.5 Å². The normalized spacial score (nSPS) is 14.2. The Morgan fingerprint density at radius 2 is 1.21 bits per heavy atom. The molecule has 1 aliphatic heterocycles. The predicted molar refractivity (Wildman–Crippen MR) is 163 cm³/mol. The van der Waals surface area contributed by atoms with Crippen molar-refractivity contribution < 1.29 is 23.9 Å². The smallest absolute Gasteiger partial charge is 0.330 e. The van der Waals surface area contributed by atoms with Crippen LogP contribution in [0.1, 0.15) is 47.8 Å². The summed E-state index contributed by atoms with van der Waals surface area (Å²) in [6.07, 6.45) is 1.80. The van der Waals surface area contributed by atoms with Crippen LogP contribution in [0.15, 0.2) is 109 Å². The molecule has 0 saturated heterocycles. The first-order chi connectivity index (χ1) is 21.0. The molecule has 0 bridgehead atoms. The fraction of sp³-hybridized carbons (Fsp3) is 0.135. The molecule has 2 amide bonds. The number of rotatable bonds is 8. The summed E-state index contributed by atoms with van der Waals surface area (Å²) >= 11 is 0. The molecule has 1 atom stereocenters. The van der Waals surface area contributed by atoms with Crippen molar-refractivity contribution in [1.29, 1.82) is 0 Å². The Morgan fingerprint density at radius 3 is 1.81 bits per heavy atom. The molecule has 1 heterocycles. The molecular weight excluding hydrogens is 538 g/mol. The molecule has 0 spiro atoms. The lowest BCUT2D eigenvalue weighted by atomic mass is 9.90. The van der Waals surface area contributed by atoms with Crippen LogP contribution < -0.4 is 0 Å². The van der Waals surface area contributed by atoms with Crippen molar-refractivity contribution in [2.45, 2.75) is 25.3 Å². The Labute approximate surface area is 248 Å². The number of amides is 2. The van der Waals surface area contributed by atoms with Crippen molar-refractivity contribution in [1.82, 2.24) is 4.90 Å². The number of carbonyl (C=O) groups is 4. The minimum absolute atomic E-state index is 0.0613. The molecule has 0 fully saturated rings. The second-order valence-corrected chi connectivity index (χ2v) is 11.0. The second kappa shape index (κ2) is 10.8. The van der Waals surface area contributed by atoms with Gasteiger partial charge in [-0.3, -0.25) is 19.3 Å². The topological polar surface area (TPSA) is 80.8 Å². The number of hydrogen-bond donors (Lipinski definition) is 0. The van der Waals surface area contributed by atoms with Gasteiger partial charge in [0.15, 0.2) is 12.4 Å². The number of esters is 1. The summed E-state index contributed by atoms with van der Waals surface area (Å²) in [5.41, 5.74) is 6.20. The molecule has 0 saturated carbocycles. The first-order valence-electron chi connectivity index (χ1n) is 14.3. The Kier molecular flexibility index (Phi) is 6.67. The lowest BCUT2D eigenvalue weighted by Crippen LogP contribution is -2.52. The van der Waals surface area contributed by atoms with Crippen molar-refractivity contribution in [3.05, 3.63) is 143 Å². The molecular formula is C37H27NO5. The van der Waals surface area contributed by atoms with Crippen LogP contribution in [-0.2, 0) is 28.8 Å². The maximum Gasteiger partial charge on any atom is 0.330 e. The summed E-state index contributed by atoms with van der Waals surface area (Å²) in [6.45, 7) is -0.510. The van der Waals surface area contributed by atoms with Gasteiger partial charge in [0.05, 0.1) is 0 Å². The zero-order chi connectivity index (χ0) is 29.5. The van der Waals surface area contributed by atoms with Crippen molar-refractivity contribution in [3.8, 4) is 11.1 Å². The number of carbonyl (C=O) groups excluding carboxylic acids is 4. The number of nitrogens with zero attached hydrogens (tertiary/aromatic N) is 1. The fourth-order valence-electron chi connectivity index (χ4n) is 6.23. The zero-order valence-corrected chi connectivity index (χ0v) is 23.3. The van der Waals surface area contributed by atoms with E-state index >= 15 is 0 Å². The Bertz CT molecular complexity index is 1850. The predicted octanol–water partition coefficient (Wildman–Crippen LogP) is 6.24. The van der Waals surface area contributed by atoms with Gasteiger partial charge in [-0.1, -0.05) is 97.1 Å². The third-order valence-electron chi connectivity index (χ3n) is 8.41. The van der Waals surface area contributed by atoms with Crippen molar-refractivity contribution in [2.75, 3.05) is 6.61 Å². The molecule has 210 valence electrons. The minimum Gasteiger partial charge on any atom is -0.456 e. The fourth-order valence-corrected chi connectivity index (χ4v) is 6.23. The van der Waals surface area contributed by atoms with E-state index in [9.17, 15) is 19.2 Å². The van der Waals surface area contributed by atoms with E-state index in [1.807, 2.05) is 84.9 Å². The van der Waals surface area contributed by atoms with Crippen LogP contribution in [0.4, 0.5) is 0 Å². The standard InChI is InChI=1S/C37H27NO5/c39-32(26-13-11-25(12-14-26)24-9-5-2-6-10-24)22-43-37(42)31(21-23-7-3-1-4-8-23)38-35(40)29-19-17-27-15-16-28-18-20-30(36(38)41)34(29)33(27)28/h1-14,17-20,31H,15-16,21-22H2/t31-/m0/s1. The highest BCUT2D eigenvalue weighted by molar-refractivity contribution is 6.27. The third-order valence-corrected chi connectivity index (χ3v) is 8.41. The molecule has 0 unspecified atom stereocenters. The van der Waals surface area contributed by atoms with Crippen LogP contribution >= 0.6 is 0 Å². The average Bonchev–Trinajstić information content (AvgIpc) is 3.48. The lowest BCUT2D eigenvalue weighted by Gasteiger charge is -2.33. The highest BCUT2D eigenvalue weighted by Gasteiger charge is 2.42. The minimum atomic E-state index is -1.25. The Morgan fingerprint density at radius 1 is 0.651 bits per heavy atom. The number of imide groups is 1. The summed E-state index contributed by atoms with van der Waals surface area (Å²) in [6, 6.07) is 32.2. The number of ketones is 1. The van der Waals surface area contributed by atoms with Gasteiger partial charge in [0.2, 0.25) is 0 Å². The summed E-state index contributed by atoms with van der Waals surface area (Å²) in [4.78, 5) is 55.6. The van der Waals surface area contributed by atoms with Crippen molar-refractivity contribution in [3.63, 3.8) is 0 Å². The molecule has 2 aliphatic rings. The summed E-state index contributed by atoms with van der Waals surface area (Å²) < 4.78 is 5.53. The maximum atomic E-state index is 13.9.